The Labute approximate surface area is 252 Å². The van der Waals surface area contributed by atoms with Gasteiger partial charge in [-0.2, -0.15) is 4.98 Å². The summed E-state index contributed by atoms with van der Waals surface area (Å²) in [7, 11) is 1.61. The van der Waals surface area contributed by atoms with Gasteiger partial charge in [-0.05, 0) is 73.4 Å². The number of allylic oxidation sites excluding steroid dienone is 1. The highest BCUT2D eigenvalue weighted by atomic mass is 79.9. The number of anilines is 2. The highest BCUT2D eigenvalue weighted by Crippen LogP contribution is 2.40. The topological polar surface area (TPSA) is 90.3 Å². The first-order chi connectivity index (χ1) is 19.9. The Kier molecular flexibility index (Phi) is 8.99. The third-order valence-electron chi connectivity index (χ3n) is 6.58. The van der Waals surface area contributed by atoms with Crippen molar-refractivity contribution < 1.29 is 14.3 Å². The van der Waals surface area contributed by atoms with Crippen LogP contribution < -0.4 is 20.1 Å². The molecular formula is C31H32BrN5O3S. The summed E-state index contributed by atoms with van der Waals surface area (Å²) in [6.07, 6.45) is 1.01. The average molecular weight is 635 g/mol. The summed E-state index contributed by atoms with van der Waals surface area (Å²) >= 11 is 5.10. The van der Waals surface area contributed by atoms with E-state index in [2.05, 4.69) is 33.5 Å². The van der Waals surface area contributed by atoms with Gasteiger partial charge in [-0.3, -0.25) is 4.79 Å². The van der Waals surface area contributed by atoms with Gasteiger partial charge < -0.3 is 20.1 Å². The molecule has 1 atom stereocenters. The molecule has 212 valence electrons. The molecule has 0 aliphatic carbocycles. The molecule has 3 aromatic carbocycles. The lowest BCUT2D eigenvalue weighted by Gasteiger charge is -2.29. The summed E-state index contributed by atoms with van der Waals surface area (Å²) in [5, 5.41) is 11.8. The number of rotatable bonds is 10. The van der Waals surface area contributed by atoms with Crippen LogP contribution in [-0.4, -0.2) is 33.5 Å². The molecule has 1 unspecified atom stereocenters. The summed E-state index contributed by atoms with van der Waals surface area (Å²) < 4.78 is 14.7. The quantitative estimate of drug-likeness (QED) is 0.176. The third-order valence-corrected chi connectivity index (χ3v) is 8.11. The Hall–Kier alpha value is -3.76. The van der Waals surface area contributed by atoms with Crippen molar-refractivity contribution in [3.8, 4) is 11.5 Å². The lowest BCUT2D eigenvalue weighted by molar-refractivity contribution is -0.113. The molecule has 1 aliphatic rings. The zero-order valence-corrected chi connectivity index (χ0v) is 25.8. The standard InChI is InChI=1S/C31H32BrN5O3S/c1-5-14-41-31-35-30-33-20(3)27(29(38)34-24-11-6-8-19(2)15-24)28(37(30)36-31)22-12-13-25(26(17-22)39-4)40-18-21-9-7-10-23(32)16-21/h6-13,15-17,28H,5,14,18H2,1-4H3,(H,34,38)(H,33,35,36). The third kappa shape index (κ3) is 6.60. The first kappa shape index (κ1) is 28.8. The van der Waals surface area contributed by atoms with E-state index < -0.39 is 6.04 Å². The summed E-state index contributed by atoms with van der Waals surface area (Å²) in [5.74, 6) is 2.44. The van der Waals surface area contributed by atoms with Gasteiger partial charge in [0, 0.05) is 21.6 Å². The summed E-state index contributed by atoms with van der Waals surface area (Å²) in [6.45, 7) is 6.39. The molecule has 0 spiro atoms. The number of halogens is 1. The Morgan fingerprint density at radius 3 is 2.68 bits per heavy atom. The molecule has 1 aliphatic heterocycles. The smallest absolute Gasteiger partial charge is 0.255 e. The van der Waals surface area contributed by atoms with Crippen molar-refractivity contribution in [1.82, 2.24) is 14.8 Å². The minimum absolute atomic E-state index is 0.219. The molecular weight excluding hydrogens is 602 g/mol. The number of nitrogens with zero attached hydrogens (tertiary/aromatic N) is 3. The molecule has 41 heavy (non-hydrogen) atoms. The number of benzene rings is 3. The number of carbonyl (C=O) groups is 1. The molecule has 2 N–H and O–H groups in total. The number of aryl methyl sites for hydroxylation is 1. The first-order valence-electron chi connectivity index (χ1n) is 13.4. The van der Waals surface area contributed by atoms with E-state index in [4.69, 9.17) is 19.6 Å². The number of methoxy groups -OCH3 is 1. The molecule has 4 aromatic rings. The molecule has 1 aromatic heterocycles. The number of ether oxygens (including phenoxy) is 2. The molecule has 8 nitrogen and oxygen atoms in total. The Morgan fingerprint density at radius 2 is 1.93 bits per heavy atom. The summed E-state index contributed by atoms with van der Waals surface area (Å²) in [6, 6.07) is 20.9. The van der Waals surface area contributed by atoms with Gasteiger partial charge in [0.2, 0.25) is 11.1 Å². The van der Waals surface area contributed by atoms with Crippen molar-refractivity contribution in [2.24, 2.45) is 0 Å². The van der Waals surface area contributed by atoms with E-state index in [9.17, 15) is 4.79 Å². The number of nitrogens with one attached hydrogen (secondary N) is 2. The number of hydrogen-bond acceptors (Lipinski definition) is 7. The number of hydrogen-bond donors (Lipinski definition) is 2. The monoisotopic (exact) mass is 633 g/mol. The molecule has 0 bridgehead atoms. The van der Waals surface area contributed by atoms with Crippen LogP contribution in [0.1, 0.15) is 43.0 Å². The highest BCUT2D eigenvalue weighted by molar-refractivity contribution is 9.10. The van der Waals surface area contributed by atoms with E-state index in [1.165, 1.54) is 0 Å². The van der Waals surface area contributed by atoms with Gasteiger partial charge in [-0.25, -0.2) is 4.68 Å². The van der Waals surface area contributed by atoms with Crippen molar-refractivity contribution in [2.45, 2.75) is 45.0 Å². The van der Waals surface area contributed by atoms with Crippen LogP contribution in [-0.2, 0) is 11.4 Å². The van der Waals surface area contributed by atoms with E-state index in [1.807, 2.05) is 80.6 Å². The molecule has 0 saturated carbocycles. The minimum atomic E-state index is -0.535. The number of aromatic nitrogens is 3. The zero-order chi connectivity index (χ0) is 28.9. The Bertz CT molecular complexity index is 1600. The molecule has 1 amide bonds. The number of carbonyl (C=O) groups excluding carboxylic acids is 1. The van der Waals surface area contributed by atoms with E-state index in [1.54, 1.807) is 23.6 Å². The summed E-state index contributed by atoms with van der Waals surface area (Å²) in [4.78, 5) is 18.5. The molecule has 0 radical (unpaired) electrons. The van der Waals surface area contributed by atoms with Crippen LogP contribution in [0.5, 0.6) is 11.5 Å². The van der Waals surface area contributed by atoms with Crippen LogP contribution in [0.15, 0.2) is 87.6 Å². The van der Waals surface area contributed by atoms with Gasteiger partial charge in [-0.1, -0.05) is 64.9 Å². The fourth-order valence-corrected chi connectivity index (χ4v) is 5.80. The fraction of sp³-hybridized carbons (Fsp3) is 0.258. The molecule has 5 rings (SSSR count). The maximum Gasteiger partial charge on any atom is 0.255 e. The van der Waals surface area contributed by atoms with Crippen LogP contribution in [0.3, 0.4) is 0 Å². The van der Waals surface area contributed by atoms with Crippen molar-refractivity contribution in [2.75, 3.05) is 23.5 Å². The van der Waals surface area contributed by atoms with Gasteiger partial charge in [0.15, 0.2) is 11.5 Å². The van der Waals surface area contributed by atoms with Crippen LogP contribution in [0.4, 0.5) is 11.6 Å². The van der Waals surface area contributed by atoms with Crippen molar-refractivity contribution >= 4 is 45.2 Å². The average Bonchev–Trinajstić information content (AvgIpc) is 3.36. The maximum absolute atomic E-state index is 13.8. The number of amides is 1. The van der Waals surface area contributed by atoms with Gasteiger partial charge >= 0.3 is 0 Å². The van der Waals surface area contributed by atoms with Crippen molar-refractivity contribution in [3.63, 3.8) is 0 Å². The zero-order valence-electron chi connectivity index (χ0n) is 23.4. The molecule has 0 fully saturated rings. The van der Waals surface area contributed by atoms with E-state index in [0.717, 1.165) is 39.0 Å². The first-order valence-corrected chi connectivity index (χ1v) is 15.1. The lowest BCUT2D eigenvalue weighted by atomic mass is 9.94. The van der Waals surface area contributed by atoms with E-state index in [0.29, 0.717) is 40.5 Å². The van der Waals surface area contributed by atoms with Gasteiger partial charge in [0.1, 0.15) is 12.6 Å². The largest absolute Gasteiger partial charge is 0.493 e. The number of fused-ring (bicyclic) bond motifs is 1. The predicted octanol–water partition coefficient (Wildman–Crippen LogP) is 7.37. The molecule has 0 saturated heterocycles. The SMILES string of the molecule is CCCSc1nc2n(n1)C(c1ccc(OCc3cccc(Br)c3)c(OC)c1)C(C(=O)Nc1cccc(C)c1)=C(C)N2. The normalized spacial score (nSPS) is 14.3. The second kappa shape index (κ2) is 12.8. The van der Waals surface area contributed by atoms with Gasteiger partial charge in [-0.15, -0.1) is 5.10 Å². The van der Waals surface area contributed by atoms with E-state index >= 15 is 0 Å². The maximum atomic E-state index is 13.8. The number of thioether (sulfide) groups is 1. The Balaban J connectivity index is 1.51. The summed E-state index contributed by atoms with van der Waals surface area (Å²) in [5.41, 5.74) is 4.89. The van der Waals surface area contributed by atoms with Crippen LogP contribution in [0.25, 0.3) is 0 Å². The van der Waals surface area contributed by atoms with Crippen LogP contribution in [0, 0.1) is 6.92 Å². The van der Waals surface area contributed by atoms with Crippen molar-refractivity contribution in [3.05, 3.63) is 99.2 Å². The second-order valence-corrected chi connectivity index (χ2v) is 11.7. The highest BCUT2D eigenvalue weighted by Gasteiger charge is 2.35. The second-order valence-electron chi connectivity index (χ2n) is 9.73. The van der Waals surface area contributed by atoms with E-state index in [-0.39, 0.29) is 5.91 Å². The van der Waals surface area contributed by atoms with Gasteiger partial charge in [0.05, 0.1) is 12.7 Å². The predicted molar refractivity (Wildman–Crippen MR) is 167 cm³/mol. The van der Waals surface area contributed by atoms with Crippen LogP contribution in [0.2, 0.25) is 0 Å². The fourth-order valence-electron chi connectivity index (χ4n) is 4.67. The Morgan fingerprint density at radius 1 is 1.10 bits per heavy atom. The van der Waals surface area contributed by atoms with Crippen LogP contribution >= 0.6 is 27.7 Å². The molecule has 10 heteroatoms. The minimum Gasteiger partial charge on any atom is -0.493 e. The molecule has 2 heterocycles. The van der Waals surface area contributed by atoms with Crippen molar-refractivity contribution in [1.29, 1.82) is 0 Å². The van der Waals surface area contributed by atoms with Gasteiger partial charge in [0.25, 0.3) is 5.91 Å². The lowest BCUT2D eigenvalue weighted by Crippen LogP contribution is -2.31.